The van der Waals surface area contributed by atoms with Crippen molar-refractivity contribution >= 4 is 11.3 Å². The highest BCUT2D eigenvalue weighted by molar-refractivity contribution is 7.09. The predicted molar refractivity (Wildman–Crippen MR) is 68.7 cm³/mol. The normalized spacial score (nSPS) is 10.7. The number of rotatable bonds is 5. The fourth-order valence-electron chi connectivity index (χ4n) is 1.62. The third-order valence-electron chi connectivity index (χ3n) is 2.52. The van der Waals surface area contributed by atoms with Crippen molar-refractivity contribution in [1.82, 2.24) is 10.3 Å². The van der Waals surface area contributed by atoms with E-state index in [0.29, 0.717) is 18.5 Å². The fourth-order valence-corrected chi connectivity index (χ4v) is 2.26. The first-order chi connectivity index (χ1) is 8.29. The first-order valence-corrected chi connectivity index (χ1v) is 6.54. The maximum Gasteiger partial charge on any atom is 0.127 e. The van der Waals surface area contributed by atoms with Gasteiger partial charge in [0, 0.05) is 24.5 Å². The number of nitrogens with zero attached hydrogens (tertiary/aromatic N) is 1. The molecule has 0 aliphatic rings. The molecule has 0 aliphatic heterocycles. The molecule has 1 aromatic carbocycles. The molecule has 2 rings (SSSR count). The molecule has 0 bridgehead atoms. The zero-order valence-corrected chi connectivity index (χ0v) is 10.6. The Hall–Kier alpha value is -1.26. The van der Waals surface area contributed by atoms with Crippen LogP contribution in [0.4, 0.5) is 4.39 Å². The van der Waals surface area contributed by atoms with Crippen LogP contribution in [0.1, 0.15) is 23.1 Å². The highest BCUT2D eigenvalue weighted by Gasteiger charge is 2.06. The minimum absolute atomic E-state index is 0.143. The molecule has 2 aromatic rings. The van der Waals surface area contributed by atoms with Gasteiger partial charge >= 0.3 is 0 Å². The zero-order chi connectivity index (χ0) is 12.1. The lowest BCUT2D eigenvalue weighted by Crippen LogP contribution is -2.12. The van der Waals surface area contributed by atoms with Crippen molar-refractivity contribution in [3.8, 4) is 0 Å². The number of nitrogens with one attached hydrogen (secondary N) is 1. The maximum atomic E-state index is 13.8. The Bertz CT molecular complexity index is 468. The molecule has 0 saturated heterocycles. The Morgan fingerprint density at radius 1 is 1.41 bits per heavy atom. The summed E-state index contributed by atoms with van der Waals surface area (Å²) in [5, 5.41) is 6.04. The van der Waals surface area contributed by atoms with Crippen molar-refractivity contribution in [3.05, 3.63) is 51.7 Å². The average Bonchev–Trinajstić information content (AvgIpc) is 2.82. The van der Waals surface area contributed by atoms with Gasteiger partial charge in [-0.05, 0) is 23.7 Å². The van der Waals surface area contributed by atoms with Crippen LogP contribution in [-0.2, 0) is 13.0 Å². The summed E-state index contributed by atoms with van der Waals surface area (Å²) >= 11 is 1.55. The highest BCUT2D eigenvalue weighted by atomic mass is 32.1. The van der Waals surface area contributed by atoms with E-state index in [2.05, 4.69) is 10.3 Å². The van der Waals surface area contributed by atoms with Crippen LogP contribution in [-0.4, -0.2) is 11.5 Å². The maximum absolute atomic E-state index is 13.8. The minimum Gasteiger partial charge on any atom is -0.313 e. The first kappa shape index (κ1) is 12.2. The van der Waals surface area contributed by atoms with Crippen molar-refractivity contribution in [2.24, 2.45) is 0 Å². The molecule has 0 radical (unpaired) electrons. The second kappa shape index (κ2) is 5.89. The van der Waals surface area contributed by atoms with Crippen molar-refractivity contribution in [2.45, 2.75) is 19.9 Å². The molecule has 17 heavy (non-hydrogen) atoms. The van der Waals surface area contributed by atoms with E-state index >= 15 is 0 Å². The smallest absolute Gasteiger partial charge is 0.127 e. The van der Waals surface area contributed by atoms with E-state index in [0.717, 1.165) is 17.1 Å². The summed E-state index contributed by atoms with van der Waals surface area (Å²) < 4.78 is 13.8. The summed E-state index contributed by atoms with van der Waals surface area (Å²) in [6.45, 7) is 3.64. The molecular weight excluding hydrogens is 235 g/mol. The third-order valence-corrected chi connectivity index (χ3v) is 3.30. The van der Waals surface area contributed by atoms with Crippen molar-refractivity contribution < 1.29 is 4.39 Å². The molecule has 0 unspecified atom stereocenters. The SMILES string of the molecule is CCNCc1ccc(Cc2nccs2)c(F)c1. The average molecular weight is 250 g/mol. The van der Waals surface area contributed by atoms with E-state index in [1.54, 1.807) is 23.6 Å². The number of benzene rings is 1. The second-order valence-corrected chi connectivity index (χ2v) is 4.79. The van der Waals surface area contributed by atoms with E-state index in [1.165, 1.54) is 0 Å². The van der Waals surface area contributed by atoms with Crippen LogP contribution in [0.5, 0.6) is 0 Å². The van der Waals surface area contributed by atoms with Crippen LogP contribution < -0.4 is 5.32 Å². The highest BCUT2D eigenvalue weighted by Crippen LogP contribution is 2.16. The molecule has 4 heteroatoms. The van der Waals surface area contributed by atoms with Crippen molar-refractivity contribution in [2.75, 3.05) is 6.54 Å². The molecule has 1 N–H and O–H groups in total. The molecular formula is C13H15FN2S. The lowest BCUT2D eigenvalue weighted by Gasteiger charge is -2.05. The fraction of sp³-hybridized carbons (Fsp3) is 0.308. The molecule has 0 fully saturated rings. The largest absolute Gasteiger partial charge is 0.313 e. The summed E-state index contributed by atoms with van der Waals surface area (Å²) in [4.78, 5) is 4.16. The predicted octanol–water partition coefficient (Wildman–Crippen LogP) is 2.98. The molecule has 0 spiro atoms. The molecule has 90 valence electrons. The summed E-state index contributed by atoms with van der Waals surface area (Å²) in [6.07, 6.45) is 2.32. The lowest BCUT2D eigenvalue weighted by atomic mass is 10.1. The van der Waals surface area contributed by atoms with Gasteiger partial charge in [-0.25, -0.2) is 9.37 Å². The summed E-state index contributed by atoms with van der Waals surface area (Å²) in [7, 11) is 0. The lowest BCUT2D eigenvalue weighted by molar-refractivity contribution is 0.608. The van der Waals surface area contributed by atoms with Gasteiger partial charge in [-0.1, -0.05) is 19.1 Å². The molecule has 2 nitrogen and oxygen atoms in total. The number of halogens is 1. The van der Waals surface area contributed by atoms with Gasteiger partial charge in [0.05, 0.1) is 5.01 Å². The van der Waals surface area contributed by atoms with Crippen LogP contribution >= 0.6 is 11.3 Å². The Morgan fingerprint density at radius 3 is 2.94 bits per heavy atom. The number of thiazole rings is 1. The summed E-state index contributed by atoms with van der Waals surface area (Å²) in [6, 6.07) is 5.42. The second-order valence-electron chi connectivity index (χ2n) is 3.81. The van der Waals surface area contributed by atoms with Gasteiger partial charge in [-0.3, -0.25) is 0 Å². The van der Waals surface area contributed by atoms with Gasteiger partial charge in [-0.2, -0.15) is 0 Å². The van der Waals surface area contributed by atoms with Gasteiger partial charge in [0.2, 0.25) is 0 Å². The van der Waals surface area contributed by atoms with Crippen LogP contribution in [0, 0.1) is 5.82 Å². The number of aromatic nitrogens is 1. The van der Waals surface area contributed by atoms with Gasteiger partial charge in [-0.15, -0.1) is 11.3 Å². The quantitative estimate of drug-likeness (QED) is 0.882. The molecule has 1 aromatic heterocycles. The van der Waals surface area contributed by atoms with E-state index in [1.807, 2.05) is 24.4 Å². The topological polar surface area (TPSA) is 24.9 Å². The Balaban J connectivity index is 2.09. The van der Waals surface area contributed by atoms with E-state index in [-0.39, 0.29) is 5.82 Å². The first-order valence-electron chi connectivity index (χ1n) is 5.66. The van der Waals surface area contributed by atoms with Gasteiger partial charge in [0.25, 0.3) is 0 Å². The van der Waals surface area contributed by atoms with Crippen LogP contribution in [0.25, 0.3) is 0 Å². The van der Waals surface area contributed by atoms with Crippen molar-refractivity contribution in [1.29, 1.82) is 0 Å². The summed E-state index contributed by atoms with van der Waals surface area (Å²) in [5.41, 5.74) is 1.69. The Morgan fingerprint density at radius 2 is 2.29 bits per heavy atom. The van der Waals surface area contributed by atoms with E-state index in [4.69, 9.17) is 0 Å². The molecule has 0 saturated carbocycles. The Labute approximate surface area is 105 Å². The molecule has 0 atom stereocenters. The van der Waals surface area contributed by atoms with Gasteiger partial charge in [0.15, 0.2) is 0 Å². The number of hydrogen-bond donors (Lipinski definition) is 1. The standard InChI is InChI=1S/C13H15FN2S/c1-2-15-9-10-3-4-11(12(14)7-10)8-13-16-5-6-17-13/h3-7,15H,2,8-9H2,1H3. The van der Waals surface area contributed by atoms with Gasteiger partial charge in [0.1, 0.15) is 5.82 Å². The van der Waals surface area contributed by atoms with Crippen LogP contribution in [0.3, 0.4) is 0 Å². The van der Waals surface area contributed by atoms with E-state index < -0.39 is 0 Å². The van der Waals surface area contributed by atoms with E-state index in [9.17, 15) is 4.39 Å². The third kappa shape index (κ3) is 3.35. The Kier molecular flexibility index (Phi) is 4.23. The summed E-state index contributed by atoms with van der Waals surface area (Å²) in [5.74, 6) is -0.143. The van der Waals surface area contributed by atoms with Gasteiger partial charge < -0.3 is 5.32 Å². The zero-order valence-electron chi connectivity index (χ0n) is 9.74. The molecule has 1 heterocycles. The number of hydrogen-bond acceptors (Lipinski definition) is 3. The van der Waals surface area contributed by atoms with Crippen LogP contribution in [0.15, 0.2) is 29.8 Å². The molecule has 0 aliphatic carbocycles. The van der Waals surface area contributed by atoms with Crippen molar-refractivity contribution in [3.63, 3.8) is 0 Å². The minimum atomic E-state index is -0.143. The van der Waals surface area contributed by atoms with Crippen LogP contribution in [0.2, 0.25) is 0 Å². The molecule has 0 amide bonds. The monoisotopic (exact) mass is 250 g/mol.